The van der Waals surface area contributed by atoms with Gasteiger partial charge in [-0.2, -0.15) is 4.98 Å². The number of amides is 1. The van der Waals surface area contributed by atoms with Crippen molar-refractivity contribution in [3.63, 3.8) is 0 Å². The van der Waals surface area contributed by atoms with E-state index in [0.717, 1.165) is 16.9 Å². The zero-order valence-corrected chi connectivity index (χ0v) is 14.5. The fourth-order valence-corrected chi connectivity index (χ4v) is 2.18. The van der Waals surface area contributed by atoms with Crippen LogP contribution in [-0.4, -0.2) is 36.0 Å². The van der Waals surface area contributed by atoms with Crippen LogP contribution in [0, 0.1) is 19.7 Å². The molecule has 0 spiro atoms. The minimum atomic E-state index is -0.578. The van der Waals surface area contributed by atoms with Gasteiger partial charge >= 0.3 is 0 Å². The summed E-state index contributed by atoms with van der Waals surface area (Å²) in [4.78, 5) is 22.8. The first-order chi connectivity index (χ1) is 11.3. The Balaban J connectivity index is 2.09. The van der Waals surface area contributed by atoms with Crippen molar-refractivity contribution in [1.82, 2.24) is 9.97 Å². The number of nitrogens with zero attached hydrogens (tertiary/aromatic N) is 3. The van der Waals surface area contributed by atoms with E-state index in [9.17, 15) is 9.18 Å². The number of nitrogens with one attached hydrogen (secondary N) is 2. The van der Waals surface area contributed by atoms with Crippen LogP contribution in [0.15, 0.2) is 24.4 Å². The van der Waals surface area contributed by atoms with Gasteiger partial charge in [-0.15, -0.1) is 0 Å². The second-order valence-electron chi connectivity index (χ2n) is 5.91. The van der Waals surface area contributed by atoms with Gasteiger partial charge in [0.25, 0.3) is 0 Å². The van der Waals surface area contributed by atoms with Crippen molar-refractivity contribution in [3.8, 4) is 0 Å². The highest BCUT2D eigenvalue weighted by Gasteiger charge is 2.16. The number of aryl methyl sites for hydroxylation is 2. The number of halogens is 1. The maximum Gasteiger partial charge on any atom is 0.246 e. The number of carbonyl (C=O) groups is 1. The average Bonchev–Trinajstić information content (AvgIpc) is 2.52. The van der Waals surface area contributed by atoms with Crippen LogP contribution in [-0.2, 0) is 4.79 Å². The highest BCUT2D eigenvalue weighted by Crippen LogP contribution is 2.18. The van der Waals surface area contributed by atoms with Gasteiger partial charge in [0, 0.05) is 31.5 Å². The molecule has 2 N–H and O–H groups in total. The summed E-state index contributed by atoms with van der Waals surface area (Å²) >= 11 is 0. The van der Waals surface area contributed by atoms with Crippen LogP contribution in [0.5, 0.6) is 0 Å². The minimum absolute atomic E-state index is 0.292. The lowest BCUT2D eigenvalue weighted by molar-refractivity contribution is -0.116. The van der Waals surface area contributed by atoms with Gasteiger partial charge in [0.05, 0.1) is 0 Å². The Morgan fingerprint density at radius 2 is 1.96 bits per heavy atom. The van der Waals surface area contributed by atoms with E-state index >= 15 is 0 Å². The molecule has 1 heterocycles. The zero-order valence-electron chi connectivity index (χ0n) is 14.5. The third-order valence-corrected chi connectivity index (χ3v) is 3.56. The second-order valence-corrected chi connectivity index (χ2v) is 5.91. The fourth-order valence-electron chi connectivity index (χ4n) is 2.18. The summed E-state index contributed by atoms with van der Waals surface area (Å²) in [5.41, 5.74) is 2.18. The molecule has 24 heavy (non-hydrogen) atoms. The van der Waals surface area contributed by atoms with Crippen molar-refractivity contribution in [2.45, 2.75) is 26.8 Å². The maximum atomic E-state index is 13.3. The monoisotopic (exact) mass is 331 g/mol. The number of aromatic nitrogens is 2. The summed E-state index contributed by atoms with van der Waals surface area (Å²) in [7, 11) is 3.78. The van der Waals surface area contributed by atoms with E-state index in [4.69, 9.17) is 0 Å². The van der Waals surface area contributed by atoms with Crippen LogP contribution in [0.1, 0.15) is 18.1 Å². The molecule has 0 fully saturated rings. The largest absolute Gasteiger partial charge is 0.362 e. The third kappa shape index (κ3) is 4.18. The van der Waals surface area contributed by atoms with E-state index in [1.807, 2.05) is 25.9 Å². The second kappa shape index (κ2) is 7.25. The van der Waals surface area contributed by atoms with Crippen molar-refractivity contribution in [2.75, 3.05) is 29.6 Å². The van der Waals surface area contributed by atoms with Crippen LogP contribution in [0.3, 0.4) is 0 Å². The average molecular weight is 331 g/mol. The van der Waals surface area contributed by atoms with Gasteiger partial charge in [0.15, 0.2) is 0 Å². The molecule has 1 aromatic heterocycles. The highest BCUT2D eigenvalue weighted by molar-refractivity contribution is 5.96. The van der Waals surface area contributed by atoms with Crippen molar-refractivity contribution in [3.05, 3.63) is 41.3 Å². The Hall–Kier alpha value is -2.70. The molecular weight excluding hydrogens is 309 g/mol. The SMILES string of the molecule is Cc1ccc(F)cc1NC(=O)C(C)Nc1ncc(C)c(N(C)C)n1. The Kier molecular flexibility index (Phi) is 5.33. The van der Waals surface area contributed by atoms with E-state index in [1.165, 1.54) is 12.1 Å². The smallest absolute Gasteiger partial charge is 0.246 e. The lowest BCUT2D eigenvalue weighted by Gasteiger charge is -2.18. The van der Waals surface area contributed by atoms with Gasteiger partial charge in [0.2, 0.25) is 11.9 Å². The summed E-state index contributed by atoms with van der Waals surface area (Å²) in [6.07, 6.45) is 1.70. The lowest BCUT2D eigenvalue weighted by Crippen LogP contribution is -2.33. The molecule has 1 aromatic carbocycles. The van der Waals surface area contributed by atoms with Crippen LogP contribution in [0.25, 0.3) is 0 Å². The molecule has 0 bridgehead atoms. The maximum absolute atomic E-state index is 13.3. The van der Waals surface area contributed by atoms with Crippen molar-refractivity contribution in [2.24, 2.45) is 0 Å². The van der Waals surface area contributed by atoms with E-state index in [2.05, 4.69) is 20.6 Å². The Morgan fingerprint density at radius 3 is 2.62 bits per heavy atom. The number of benzene rings is 1. The normalized spacial score (nSPS) is 11.8. The molecule has 0 saturated carbocycles. The first-order valence-electron chi connectivity index (χ1n) is 7.62. The Bertz CT molecular complexity index is 748. The molecule has 2 aromatic rings. The summed E-state index contributed by atoms with van der Waals surface area (Å²) in [5, 5.41) is 5.68. The summed E-state index contributed by atoms with van der Waals surface area (Å²) in [6, 6.07) is 3.70. The molecule has 1 amide bonds. The Morgan fingerprint density at radius 1 is 1.25 bits per heavy atom. The molecular formula is C17H22FN5O. The van der Waals surface area contributed by atoms with Crippen molar-refractivity contribution in [1.29, 1.82) is 0 Å². The predicted molar refractivity (Wildman–Crippen MR) is 93.9 cm³/mol. The van der Waals surface area contributed by atoms with Crippen LogP contribution >= 0.6 is 0 Å². The molecule has 0 aliphatic heterocycles. The van der Waals surface area contributed by atoms with Gasteiger partial charge < -0.3 is 15.5 Å². The molecule has 6 nitrogen and oxygen atoms in total. The first-order valence-corrected chi connectivity index (χ1v) is 7.62. The molecule has 1 unspecified atom stereocenters. The summed E-state index contributed by atoms with van der Waals surface area (Å²) in [6.45, 7) is 5.42. The molecule has 0 saturated heterocycles. The third-order valence-electron chi connectivity index (χ3n) is 3.56. The van der Waals surface area contributed by atoms with Gasteiger partial charge in [-0.1, -0.05) is 6.07 Å². The van der Waals surface area contributed by atoms with E-state index < -0.39 is 11.9 Å². The minimum Gasteiger partial charge on any atom is -0.362 e. The van der Waals surface area contributed by atoms with Crippen molar-refractivity contribution >= 4 is 23.4 Å². The number of carbonyl (C=O) groups excluding carboxylic acids is 1. The Labute approximate surface area is 141 Å². The summed E-state index contributed by atoms with van der Waals surface area (Å²) < 4.78 is 13.3. The number of hydrogen-bond donors (Lipinski definition) is 2. The van der Waals surface area contributed by atoms with E-state index in [0.29, 0.717) is 11.6 Å². The topological polar surface area (TPSA) is 70.2 Å². The molecule has 0 radical (unpaired) electrons. The molecule has 1 atom stereocenters. The van der Waals surface area contributed by atoms with Crippen molar-refractivity contribution < 1.29 is 9.18 Å². The number of hydrogen-bond acceptors (Lipinski definition) is 5. The molecule has 0 aliphatic carbocycles. The van der Waals surface area contributed by atoms with Gasteiger partial charge in [0.1, 0.15) is 17.7 Å². The van der Waals surface area contributed by atoms with Gasteiger partial charge in [-0.25, -0.2) is 9.37 Å². The van der Waals surface area contributed by atoms with Gasteiger partial charge in [-0.05, 0) is 38.5 Å². The molecule has 7 heteroatoms. The number of rotatable bonds is 5. The standard InChI is InChI=1S/C17H22FN5O/c1-10-6-7-13(18)8-14(10)21-16(24)12(3)20-17-19-9-11(2)15(22-17)23(4)5/h6-9,12H,1-5H3,(H,21,24)(H,19,20,22). The van der Waals surface area contributed by atoms with Crippen LogP contribution in [0.4, 0.5) is 21.8 Å². The zero-order chi connectivity index (χ0) is 17.9. The van der Waals surface area contributed by atoms with Crippen LogP contribution < -0.4 is 15.5 Å². The molecule has 128 valence electrons. The highest BCUT2D eigenvalue weighted by atomic mass is 19.1. The van der Waals surface area contributed by atoms with E-state index in [1.54, 1.807) is 26.1 Å². The van der Waals surface area contributed by atoms with Crippen LogP contribution in [0.2, 0.25) is 0 Å². The molecule has 2 rings (SSSR count). The quantitative estimate of drug-likeness (QED) is 0.881. The molecule has 0 aliphatic rings. The lowest BCUT2D eigenvalue weighted by atomic mass is 10.2. The van der Waals surface area contributed by atoms with E-state index in [-0.39, 0.29) is 5.91 Å². The predicted octanol–water partition coefficient (Wildman–Crippen LogP) is 2.74. The van der Waals surface area contributed by atoms with Gasteiger partial charge in [-0.3, -0.25) is 4.79 Å². The fraction of sp³-hybridized carbons (Fsp3) is 0.353. The first kappa shape index (κ1) is 17.7. The summed E-state index contributed by atoms with van der Waals surface area (Å²) in [5.74, 6) is 0.456. The number of anilines is 3.